The summed E-state index contributed by atoms with van der Waals surface area (Å²) < 4.78 is 0. The summed E-state index contributed by atoms with van der Waals surface area (Å²) >= 11 is 0. The number of unbranched alkanes of at least 4 members (excludes halogenated alkanes) is 1. The molecular weight excluding hydrogens is 350 g/mol. The average Bonchev–Trinajstić information content (AvgIpc) is 2.92. The van der Waals surface area contributed by atoms with Crippen LogP contribution in [-0.2, 0) is 9.59 Å². The minimum Gasteiger partial charge on any atom is -0.352 e. The highest BCUT2D eigenvalue weighted by Gasteiger charge is 2.36. The molecule has 5 nitrogen and oxygen atoms in total. The van der Waals surface area contributed by atoms with Crippen molar-refractivity contribution >= 4 is 29.9 Å². The van der Waals surface area contributed by atoms with Gasteiger partial charge in [-0.05, 0) is 38.3 Å². The molecule has 1 fully saturated rings. The van der Waals surface area contributed by atoms with E-state index in [0.717, 1.165) is 36.1 Å². The van der Waals surface area contributed by atoms with Crippen molar-refractivity contribution in [1.29, 1.82) is 0 Å². The molecule has 2 atom stereocenters. The van der Waals surface area contributed by atoms with Crippen molar-refractivity contribution in [2.75, 3.05) is 18.0 Å². The van der Waals surface area contributed by atoms with Gasteiger partial charge in [-0.25, -0.2) is 0 Å². The van der Waals surface area contributed by atoms with E-state index in [1.54, 1.807) is 4.90 Å². The van der Waals surface area contributed by atoms with E-state index in [2.05, 4.69) is 31.3 Å². The van der Waals surface area contributed by atoms with Gasteiger partial charge in [-0.1, -0.05) is 37.5 Å². The van der Waals surface area contributed by atoms with Gasteiger partial charge in [-0.2, -0.15) is 0 Å². The first-order valence-corrected chi connectivity index (χ1v) is 9.26. The molecule has 0 aromatic heterocycles. The molecule has 3 N–H and O–H groups in total. The van der Waals surface area contributed by atoms with Gasteiger partial charge in [0.2, 0.25) is 11.8 Å². The Morgan fingerprint density at radius 3 is 2.46 bits per heavy atom. The zero-order valence-corrected chi connectivity index (χ0v) is 17.1. The lowest BCUT2D eigenvalue weighted by atomic mass is 10.0. The standard InChI is InChI=1S/C20H31N3O2.ClH/c1-5-6-7-17(11-21)22-20(25)16-10-18(24)23(12-16)19-14(3)8-13(2)9-15(19)4;/h8-9,16-17H,5-7,10-12,21H2,1-4H3,(H,22,25);1H. The highest BCUT2D eigenvalue weighted by molar-refractivity contribution is 6.01. The van der Waals surface area contributed by atoms with Gasteiger partial charge in [-0.3, -0.25) is 9.59 Å². The number of halogens is 1. The van der Waals surface area contributed by atoms with Crippen molar-refractivity contribution in [2.24, 2.45) is 11.7 Å². The van der Waals surface area contributed by atoms with Crippen LogP contribution < -0.4 is 16.0 Å². The number of rotatable bonds is 7. The minimum atomic E-state index is -0.303. The third kappa shape index (κ3) is 5.21. The maximum Gasteiger partial charge on any atom is 0.227 e. The van der Waals surface area contributed by atoms with E-state index in [1.165, 1.54) is 5.56 Å². The smallest absolute Gasteiger partial charge is 0.227 e. The molecule has 2 amide bonds. The van der Waals surface area contributed by atoms with Crippen LogP contribution in [0.1, 0.15) is 49.3 Å². The topological polar surface area (TPSA) is 75.4 Å². The fourth-order valence-corrected chi connectivity index (χ4v) is 3.72. The lowest BCUT2D eigenvalue weighted by Crippen LogP contribution is -2.43. The molecule has 0 aliphatic carbocycles. The molecule has 1 saturated heterocycles. The number of hydrogen-bond acceptors (Lipinski definition) is 3. The summed E-state index contributed by atoms with van der Waals surface area (Å²) in [5.41, 5.74) is 10.1. The fraction of sp³-hybridized carbons (Fsp3) is 0.600. The number of aryl methyl sites for hydroxylation is 3. The van der Waals surface area contributed by atoms with Gasteiger partial charge in [0.15, 0.2) is 0 Å². The molecule has 1 heterocycles. The van der Waals surface area contributed by atoms with E-state index < -0.39 is 0 Å². The molecule has 0 saturated carbocycles. The Bertz CT molecular complexity index is 625. The molecule has 0 radical (unpaired) electrons. The first-order valence-electron chi connectivity index (χ1n) is 9.26. The number of benzene rings is 1. The fourth-order valence-electron chi connectivity index (χ4n) is 3.72. The zero-order valence-electron chi connectivity index (χ0n) is 16.3. The van der Waals surface area contributed by atoms with E-state index in [0.29, 0.717) is 13.1 Å². The number of nitrogens with zero attached hydrogens (tertiary/aromatic N) is 1. The molecule has 2 unspecified atom stereocenters. The highest BCUT2D eigenvalue weighted by atomic mass is 35.5. The summed E-state index contributed by atoms with van der Waals surface area (Å²) in [4.78, 5) is 26.9. The van der Waals surface area contributed by atoms with Crippen LogP contribution >= 0.6 is 12.4 Å². The molecule has 1 aliphatic heterocycles. The summed E-state index contributed by atoms with van der Waals surface area (Å²) in [5.74, 6) is -0.332. The third-order valence-electron chi connectivity index (χ3n) is 4.94. The van der Waals surface area contributed by atoms with Crippen LogP contribution in [0.5, 0.6) is 0 Å². The Hall–Kier alpha value is -1.59. The van der Waals surface area contributed by atoms with E-state index >= 15 is 0 Å². The molecule has 146 valence electrons. The Morgan fingerprint density at radius 2 is 1.92 bits per heavy atom. The van der Waals surface area contributed by atoms with Crippen molar-refractivity contribution in [3.63, 3.8) is 0 Å². The van der Waals surface area contributed by atoms with Crippen LogP contribution in [0, 0.1) is 26.7 Å². The second-order valence-electron chi connectivity index (χ2n) is 7.24. The minimum absolute atomic E-state index is 0. The summed E-state index contributed by atoms with van der Waals surface area (Å²) in [7, 11) is 0. The van der Waals surface area contributed by atoms with Gasteiger partial charge in [0.05, 0.1) is 5.92 Å². The first kappa shape index (κ1) is 22.5. The van der Waals surface area contributed by atoms with Gasteiger partial charge in [-0.15, -0.1) is 12.4 Å². The van der Waals surface area contributed by atoms with Gasteiger partial charge < -0.3 is 16.0 Å². The maximum absolute atomic E-state index is 12.6. The molecule has 1 aromatic carbocycles. The van der Waals surface area contributed by atoms with E-state index in [-0.39, 0.29) is 42.6 Å². The number of carbonyl (C=O) groups is 2. The SMILES string of the molecule is CCCCC(CN)NC(=O)C1CC(=O)N(c2c(C)cc(C)cc2C)C1.Cl. The van der Waals surface area contributed by atoms with Crippen molar-refractivity contribution in [3.05, 3.63) is 28.8 Å². The van der Waals surface area contributed by atoms with Gasteiger partial charge in [0, 0.05) is 31.2 Å². The molecule has 1 aliphatic rings. The normalized spacial score (nSPS) is 17.8. The number of hydrogen-bond donors (Lipinski definition) is 2. The highest BCUT2D eigenvalue weighted by Crippen LogP contribution is 2.31. The van der Waals surface area contributed by atoms with Crippen LogP contribution in [0.15, 0.2) is 12.1 Å². The van der Waals surface area contributed by atoms with Crippen LogP contribution in [0.4, 0.5) is 5.69 Å². The number of nitrogens with one attached hydrogen (secondary N) is 1. The Balaban J connectivity index is 0.00000338. The van der Waals surface area contributed by atoms with Crippen LogP contribution in [0.25, 0.3) is 0 Å². The molecular formula is C20H32ClN3O2. The average molecular weight is 382 g/mol. The quantitative estimate of drug-likeness (QED) is 0.762. The summed E-state index contributed by atoms with van der Waals surface area (Å²) in [6.07, 6.45) is 3.27. The molecule has 26 heavy (non-hydrogen) atoms. The number of amides is 2. The van der Waals surface area contributed by atoms with Crippen molar-refractivity contribution in [3.8, 4) is 0 Å². The molecule has 2 rings (SSSR count). The van der Waals surface area contributed by atoms with Gasteiger partial charge >= 0.3 is 0 Å². The second kappa shape index (κ2) is 9.93. The van der Waals surface area contributed by atoms with E-state index in [1.807, 2.05) is 13.8 Å². The Kier molecular flexibility index (Phi) is 8.57. The maximum atomic E-state index is 12.6. The third-order valence-corrected chi connectivity index (χ3v) is 4.94. The second-order valence-corrected chi connectivity index (χ2v) is 7.24. The van der Waals surface area contributed by atoms with E-state index in [9.17, 15) is 9.59 Å². The largest absolute Gasteiger partial charge is 0.352 e. The lowest BCUT2D eigenvalue weighted by molar-refractivity contribution is -0.126. The molecule has 1 aromatic rings. The van der Waals surface area contributed by atoms with Crippen molar-refractivity contribution in [2.45, 2.75) is 59.4 Å². The van der Waals surface area contributed by atoms with E-state index in [4.69, 9.17) is 5.73 Å². The first-order chi connectivity index (χ1) is 11.9. The Morgan fingerprint density at radius 1 is 1.31 bits per heavy atom. The zero-order chi connectivity index (χ0) is 18.6. The van der Waals surface area contributed by atoms with Gasteiger partial charge in [0.25, 0.3) is 0 Å². The predicted octanol–water partition coefficient (Wildman–Crippen LogP) is 3.02. The number of carbonyl (C=O) groups excluding carboxylic acids is 2. The van der Waals surface area contributed by atoms with Gasteiger partial charge in [0.1, 0.15) is 0 Å². The summed E-state index contributed by atoms with van der Waals surface area (Å²) in [6.45, 7) is 9.09. The van der Waals surface area contributed by atoms with Crippen molar-refractivity contribution in [1.82, 2.24) is 5.32 Å². The summed E-state index contributed by atoms with van der Waals surface area (Å²) in [6, 6.07) is 4.16. The molecule has 0 bridgehead atoms. The molecule has 0 spiro atoms. The van der Waals surface area contributed by atoms with Crippen LogP contribution in [0.2, 0.25) is 0 Å². The lowest BCUT2D eigenvalue weighted by Gasteiger charge is -2.23. The van der Waals surface area contributed by atoms with Crippen LogP contribution in [-0.4, -0.2) is 30.9 Å². The molecule has 6 heteroatoms. The monoisotopic (exact) mass is 381 g/mol. The Labute approximate surface area is 163 Å². The van der Waals surface area contributed by atoms with Crippen molar-refractivity contribution < 1.29 is 9.59 Å². The summed E-state index contributed by atoms with van der Waals surface area (Å²) in [5, 5.41) is 3.03. The number of anilines is 1. The van der Waals surface area contributed by atoms with Crippen LogP contribution in [0.3, 0.4) is 0 Å². The number of nitrogens with two attached hydrogens (primary N) is 1. The predicted molar refractivity (Wildman–Crippen MR) is 109 cm³/mol.